The first kappa shape index (κ1) is 12.6. The number of methoxy groups -OCH3 is 1. The first-order valence-electron chi connectivity index (χ1n) is 6.50. The molecular formula is C13H23N3O. The molecule has 1 aliphatic carbocycles. The summed E-state index contributed by atoms with van der Waals surface area (Å²) in [6, 6.07) is 2.69. The number of nitrogens with zero attached hydrogens (tertiary/aromatic N) is 2. The van der Waals surface area contributed by atoms with Gasteiger partial charge in [0.15, 0.2) is 0 Å². The van der Waals surface area contributed by atoms with Gasteiger partial charge in [-0.2, -0.15) is 5.10 Å². The Morgan fingerprint density at radius 2 is 2.29 bits per heavy atom. The molecule has 0 amide bonds. The number of hydrogen-bond donors (Lipinski definition) is 1. The average Bonchev–Trinajstić information content (AvgIpc) is 3.05. The molecule has 1 saturated carbocycles. The molecule has 96 valence electrons. The van der Waals surface area contributed by atoms with Gasteiger partial charge in [-0.25, -0.2) is 0 Å². The molecule has 0 atom stereocenters. The number of aromatic nitrogens is 2. The Morgan fingerprint density at radius 3 is 2.88 bits per heavy atom. The lowest BCUT2D eigenvalue weighted by Crippen LogP contribution is -2.21. The van der Waals surface area contributed by atoms with Crippen molar-refractivity contribution < 1.29 is 4.74 Å². The minimum absolute atomic E-state index is 0.432. The fraction of sp³-hybridized carbons (Fsp3) is 0.769. The van der Waals surface area contributed by atoms with Crippen LogP contribution in [0.3, 0.4) is 0 Å². The van der Waals surface area contributed by atoms with Crippen LogP contribution in [-0.2, 0) is 11.3 Å². The van der Waals surface area contributed by atoms with E-state index in [0.717, 1.165) is 25.6 Å². The molecule has 0 saturated heterocycles. The largest absolute Gasteiger partial charge is 0.383 e. The Morgan fingerprint density at radius 1 is 1.53 bits per heavy atom. The van der Waals surface area contributed by atoms with Gasteiger partial charge in [0.05, 0.1) is 18.0 Å². The SMILES string of the molecule is COCCNCc1cc(C2CC2)nn1C(C)C. The molecule has 1 aromatic rings. The highest BCUT2D eigenvalue weighted by atomic mass is 16.5. The quantitative estimate of drug-likeness (QED) is 0.738. The molecule has 0 radical (unpaired) electrons. The molecule has 17 heavy (non-hydrogen) atoms. The van der Waals surface area contributed by atoms with Crippen LogP contribution in [0.5, 0.6) is 0 Å². The summed E-state index contributed by atoms with van der Waals surface area (Å²) in [4.78, 5) is 0. The summed E-state index contributed by atoms with van der Waals surface area (Å²) >= 11 is 0. The van der Waals surface area contributed by atoms with E-state index in [9.17, 15) is 0 Å². The smallest absolute Gasteiger partial charge is 0.0659 e. The molecule has 1 aliphatic rings. The van der Waals surface area contributed by atoms with E-state index >= 15 is 0 Å². The van der Waals surface area contributed by atoms with Gasteiger partial charge in [-0.05, 0) is 32.8 Å². The topological polar surface area (TPSA) is 39.1 Å². The molecule has 1 heterocycles. The van der Waals surface area contributed by atoms with Crippen molar-refractivity contribution in [2.75, 3.05) is 20.3 Å². The van der Waals surface area contributed by atoms with Crippen LogP contribution in [0.1, 0.15) is 50.0 Å². The molecule has 0 aliphatic heterocycles. The fourth-order valence-electron chi connectivity index (χ4n) is 2.00. The highest BCUT2D eigenvalue weighted by molar-refractivity contribution is 5.19. The molecule has 1 fully saturated rings. The van der Waals surface area contributed by atoms with Crippen molar-refractivity contribution in [3.63, 3.8) is 0 Å². The Kier molecular flexibility index (Phi) is 4.18. The van der Waals surface area contributed by atoms with Crippen molar-refractivity contribution in [3.8, 4) is 0 Å². The van der Waals surface area contributed by atoms with Crippen LogP contribution in [0, 0.1) is 0 Å². The highest BCUT2D eigenvalue weighted by Gasteiger charge is 2.27. The van der Waals surface area contributed by atoms with Crippen LogP contribution >= 0.6 is 0 Å². The second kappa shape index (κ2) is 5.65. The van der Waals surface area contributed by atoms with E-state index in [-0.39, 0.29) is 0 Å². The van der Waals surface area contributed by atoms with Gasteiger partial charge in [0.2, 0.25) is 0 Å². The molecular weight excluding hydrogens is 214 g/mol. The maximum Gasteiger partial charge on any atom is 0.0659 e. The van der Waals surface area contributed by atoms with Crippen LogP contribution < -0.4 is 5.32 Å². The summed E-state index contributed by atoms with van der Waals surface area (Å²) in [6.07, 6.45) is 2.62. The van der Waals surface area contributed by atoms with Gasteiger partial charge in [0.25, 0.3) is 0 Å². The van der Waals surface area contributed by atoms with Gasteiger partial charge in [-0.3, -0.25) is 4.68 Å². The lowest BCUT2D eigenvalue weighted by molar-refractivity contribution is 0.199. The highest BCUT2D eigenvalue weighted by Crippen LogP contribution is 2.39. The van der Waals surface area contributed by atoms with E-state index < -0.39 is 0 Å². The third-order valence-corrected chi connectivity index (χ3v) is 3.11. The van der Waals surface area contributed by atoms with E-state index in [1.165, 1.54) is 24.2 Å². The second-order valence-electron chi connectivity index (χ2n) is 5.04. The predicted octanol–water partition coefficient (Wildman–Crippen LogP) is 2.08. The maximum atomic E-state index is 5.03. The summed E-state index contributed by atoms with van der Waals surface area (Å²) < 4.78 is 7.17. The van der Waals surface area contributed by atoms with E-state index in [0.29, 0.717) is 6.04 Å². The zero-order valence-corrected chi connectivity index (χ0v) is 11.1. The normalized spacial score (nSPS) is 15.8. The Labute approximate surface area is 103 Å². The van der Waals surface area contributed by atoms with E-state index in [4.69, 9.17) is 9.84 Å². The molecule has 4 heteroatoms. The van der Waals surface area contributed by atoms with Crippen molar-refractivity contribution in [2.45, 2.75) is 45.2 Å². The summed E-state index contributed by atoms with van der Waals surface area (Å²) in [5, 5.41) is 8.10. The summed E-state index contributed by atoms with van der Waals surface area (Å²) in [5.41, 5.74) is 2.57. The molecule has 1 aromatic heterocycles. The molecule has 0 unspecified atom stereocenters. The van der Waals surface area contributed by atoms with Crippen LogP contribution in [-0.4, -0.2) is 30.0 Å². The third-order valence-electron chi connectivity index (χ3n) is 3.11. The Bertz CT molecular complexity index is 356. The van der Waals surface area contributed by atoms with Crippen LogP contribution in [0.15, 0.2) is 6.07 Å². The average molecular weight is 237 g/mol. The van der Waals surface area contributed by atoms with Crippen molar-refractivity contribution in [3.05, 3.63) is 17.5 Å². The fourth-order valence-corrected chi connectivity index (χ4v) is 2.00. The molecule has 0 spiro atoms. The second-order valence-corrected chi connectivity index (χ2v) is 5.04. The minimum atomic E-state index is 0.432. The summed E-state index contributed by atoms with van der Waals surface area (Å²) in [6.45, 7) is 6.88. The molecule has 0 aromatic carbocycles. The van der Waals surface area contributed by atoms with Crippen molar-refractivity contribution in [1.29, 1.82) is 0 Å². The van der Waals surface area contributed by atoms with Crippen molar-refractivity contribution in [2.24, 2.45) is 0 Å². The van der Waals surface area contributed by atoms with E-state index in [1.54, 1.807) is 7.11 Å². The molecule has 1 N–H and O–H groups in total. The molecule has 0 bridgehead atoms. The van der Waals surface area contributed by atoms with Crippen LogP contribution in [0.25, 0.3) is 0 Å². The monoisotopic (exact) mass is 237 g/mol. The summed E-state index contributed by atoms with van der Waals surface area (Å²) in [7, 11) is 1.73. The zero-order valence-electron chi connectivity index (χ0n) is 11.1. The standard InChI is InChI=1S/C13H23N3O/c1-10(2)16-12(9-14-6-7-17-3)8-13(15-16)11-4-5-11/h8,10-11,14H,4-7,9H2,1-3H3. The minimum Gasteiger partial charge on any atom is -0.383 e. The van der Waals surface area contributed by atoms with Gasteiger partial charge < -0.3 is 10.1 Å². The lowest BCUT2D eigenvalue weighted by Gasteiger charge is -2.11. The van der Waals surface area contributed by atoms with Crippen LogP contribution in [0.4, 0.5) is 0 Å². The number of nitrogens with one attached hydrogen (secondary N) is 1. The lowest BCUT2D eigenvalue weighted by atomic mass is 10.2. The van der Waals surface area contributed by atoms with Gasteiger partial charge >= 0.3 is 0 Å². The number of rotatable bonds is 7. The van der Waals surface area contributed by atoms with Crippen molar-refractivity contribution in [1.82, 2.24) is 15.1 Å². The molecule has 2 rings (SSSR count). The summed E-state index contributed by atoms with van der Waals surface area (Å²) in [5.74, 6) is 0.729. The first-order chi connectivity index (χ1) is 8.22. The van der Waals surface area contributed by atoms with E-state index in [1.807, 2.05) is 0 Å². The number of hydrogen-bond acceptors (Lipinski definition) is 3. The third kappa shape index (κ3) is 3.30. The van der Waals surface area contributed by atoms with Crippen molar-refractivity contribution >= 4 is 0 Å². The first-order valence-corrected chi connectivity index (χ1v) is 6.50. The van der Waals surface area contributed by atoms with Gasteiger partial charge in [0, 0.05) is 32.2 Å². The molecule has 4 nitrogen and oxygen atoms in total. The Hall–Kier alpha value is -0.870. The number of ether oxygens (including phenoxy) is 1. The van der Waals surface area contributed by atoms with Gasteiger partial charge in [-0.1, -0.05) is 0 Å². The van der Waals surface area contributed by atoms with E-state index in [2.05, 4.69) is 29.9 Å². The van der Waals surface area contributed by atoms with Gasteiger partial charge in [0.1, 0.15) is 0 Å². The Balaban J connectivity index is 1.97. The zero-order chi connectivity index (χ0) is 12.3. The van der Waals surface area contributed by atoms with Crippen LogP contribution in [0.2, 0.25) is 0 Å². The predicted molar refractivity (Wildman–Crippen MR) is 68.2 cm³/mol. The van der Waals surface area contributed by atoms with Gasteiger partial charge in [-0.15, -0.1) is 0 Å². The maximum absolute atomic E-state index is 5.03.